The summed E-state index contributed by atoms with van der Waals surface area (Å²) >= 11 is 0. The molecule has 0 aliphatic carbocycles. The molecule has 0 rings (SSSR count). The van der Waals surface area contributed by atoms with Gasteiger partial charge in [-0.15, -0.1) is 0 Å². The van der Waals surface area contributed by atoms with Crippen molar-refractivity contribution >= 4 is 0 Å². The number of ether oxygens (including phenoxy) is 2. The largest absolute Gasteiger partial charge is 2.00 e. The molecule has 2 N–H and O–H groups in total. The Kier molecular flexibility index (Phi) is 106. The topological polar surface area (TPSA) is 58.9 Å². The number of aliphatic hydroxyl groups is 2. The summed E-state index contributed by atoms with van der Waals surface area (Å²) in [5.41, 5.74) is 0. The van der Waals surface area contributed by atoms with Crippen LogP contribution in [0.3, 0.4) is 0 Å². The fourth-order valence-electron chi connectivity index (χ4n) is 0.183. The average Bonchev–Trinajstić information content (AvgIpc) is 2.12. The third kappa shape index (κ3) is 85.0. The van der Waals surface area contributed by atoms with E-state index in [1.54, 1.807) is 14.2 Å². The Morgan fingerprint density at radius 1 is 1.00 bits per heavy atom. The van der Waals surface area contributed by atoms with Crippen molar-refractivity contribution in [2.24, 2.45) is 0 Å². The molecule has 0 aliphatic rings. The third-order valence-electron chi connectivity index (χ3n) is 0.591. The molecule has 0 saturated carbocycles. The van der Waals surface area contributed by atoms with Gasteiger partial charge in [-0.1, -0.05) is 0 Å². The fourth-order valence-corrected chi connectivity index (χ4v) is 0.183. The summed E-state index contributed by atoms with van der Waals surface area (Å²) in [6, 6.07) is 0. The molecule has 0 fully saturated rings. The maximum atomic E-state index is 7.94. The summed E-state index contributed by atoms with van der Waals surface area (Å²) in [6.45, 7) is 8.13. The molecule has 0 radical (unpaired) electrons. The SMILES string of the molecule is COCCO.COCCO.[CH-]=C.[CH3-].[Ti+2]. The first kappa shape index (κ1) is 29.2. The van der Waals surface area contributed by atoms with Crippen LogP contribution in [0.25, 0.3) is 0 Å². The predicted octanol–water partition coefficient (Wildman–Crippen LogP) is 0.303. The van der Waals surface area contributed by atoms with E-state index in [9.17, 15) is 0 Å². The van der Waals surface area contributed by atoms with Crippen molar-refractivity contribution in [3.8, 4) is 0 Å². The molecule has 0 bridgehead atoms. The van der Waals surface area contributed by atoms with Gasteiger partial charge in [-0.3, -0.25) is 6.58 Å². The van der Waals surface area contributed by atoms with Crippen LogP contribution in [0.1, 0.15) is 0 Å². The van der Waals surface area contributed by atoms with Gasteiger partial charge in [0.2, 0.25) is 0 Å². The van der Waals surface area contributed by atoms with Gasteiger partial charge in [0.1, 0.15) is 0 Å². The third-order valence-corrected chi connectivity index (χ3v) is 0.591. The Hall–Kier alpha value is 0.294. The van der Waals surface area contributed by atoms with Gasteiger partial charge in [0, 0.05) is 14.2 Å². The second-order valence-corrected chi connectivity index (χ2v) is 1.43. The molecule has 0 aromatic rings. The minimum absolute atomic E-state index is 0. The molecule has 0 aliphatic heterocycles. The van der Waals surface area contributed by atoms with Gasteiger partial charge in [-0.05, 0) is 0 Å². The van der Waals surface area contributed by atoms with Crippen LogP contribution >= 0.6 is 0 Å². The molecule has 0 spiro atoms. The quantitative estimate of drug-likeness (QED) is 0.550. The van der Waals surface area contributed by atoms with Gasteiger partial charge in [-0.2, -0.15) is 0 Å². The molecule has 0 amide bonds. The number of methoxy groups -OCH3 is 2. The Bertz CT molecular complexity index is 46.1. The Labute approximate surface area is 103 Å². The first-order valence-corrected chi connectivity index (χ1v) is 3.43. The smallest absolute Gasteiger partial charge is 0.521 e. The van der Waals surface area contributed by atoms with Crippen LogP contribution in [0.5, 0.6) is 0 Å². The van der Waals surface area contributed by atoms with Crippen LogP contribution in [0.4, 0.5) is 0 Å². The summed E-state index contributed by atoms with van der Waals surface area (Å²) in [5.74, 6) is 0. The van der Waals surface area contributed by atoms with E-state index in [0.29, 0.717) is 13.2 Å². The standard InChI is InChI=1S/2C3H8O2.C2H3.CH3.Ti/c2*1-5-3-2-4;1-2;;/h2*4H,2-3H2,1H3;1H,2H2;1H3;/q;;2*-1;+2. The molecule has 14 heavy (non-hydrogen) atoms. The Morgan fingerprint density at radius 2 is 1.21 bits per heavy atom. The molecule has 0 unspecified atom stereocenters. The molecule has 0 aromatic heterocycles. The van der Waals surface area contributed by atoms with Gasteiger partial charge >= 0.3 is 21.7 Å². The van der Waals surface area contributed by atoms with Gasteiger partial charge in [0.25, 0.3) is 0 Å². The van der Waals surface area contributed by atoms with E-state index in [-0.39, 0.29) is 42.4 Å². The van der Waals surface area contributed by atoms with E-state index in [0.717, 1.165) is 0 Å². The molecule has 5 heteroatoms. The molecular weight excluding hydrogens is 220 g/mol. The monoisotopic (exact) mass is 242 g/mol. The van der Waals surface area contributed by atoms with Crippen LogP contribution in [-0.2, 0) is 31.2 Å². The summed E-state index contributed by atoms with van der Waals surface area (Å²) in [7, 11) is 3.10. The summed E-state index contributed by atoms with van der Waals surface area (Å²) in [5, 5.41) is 15.9. The average molecular weight is 242 g/mol. The Morgan fingerprint density at radius 3 is 1.21 bits per heavy atom. The zero-order chi connectivity index (χ0) is 10.2. The number of aliphatic hydroxyl groups excluding tert-OH is 2. The molecule has 86 valence electrons. The second-order valence-electron chi connectivity index (χ2n) is 1.43. The first-order chi connectivity index (χ1) is 5.83. The predicted molar refractivity (Wildman–Crippen MR) is 54.3 cm³/mol. The normalized spacial score (nSPS) is 6.29. The van der Waals surface area contributed by atoms with E-state index in [4.69, 9.17) is 10.2 Å². The van der Waals surface area contributed by atoms with Gasteiger partial charge in [0.15, 0.2) is 0 Å². The van der Waals surface area contributed by atoms with E-state index in [1.165, 1.54) is 0 Å². The second kappa shape index (κ2) is 50.7. The molecule has 0 heterocycles. The molecule has 4 nitrogen and oxygen atoms in total. The van der Waals surface area contributed by atoms with Crippen molar-refractivity contribution in [1.29, 1.82) is 0 Å². The molecular formula is C9H22O4Ti. The van der Waals surface area contributed by atoms with E-state index in [2.05, 4.69) is 22.6 Å². The van der Waals surface area contributed by atoms with Crippen molar-refractivity contribution in [3.63, 3.8) is 0 Å². The van der Waals surface area contributed by atoms with E-state index < -0.39 is 0 Å². The zero-order valence-corrected chi connectivity index (χ0v) is 10.9. The summed E-state index contributed by atoms with van der Waals surface area (Å²) in [6.07, 6.45) is 0. The first-order valence-electron chi connectivity index (χ1n) is 3.43. The Balaban J connectivity index is -0.0000000292. The van der Waals surface area contributed by atoms with Crippen molar-refractivity contribution in [1.82, 2.24) is 0 Å². The van der Waals surface area contributed by atoms with Gasteiger partial charge < -0.3 is 33.7 Å². The molecule has 0 saturated heterocycles. The van der Waals surface area contributed by atoms with Gasteiger partial charge in [-0.25, -0.2) is 0 Å². The summed E-state index contributed by atoms with van der Waals surface area (Å²) in [4.78, 5) is 0. The van der Waals surface area contributed by atoms with Crippen LogP contribution < -0.4 is 0 Å². The van der Waals surface area contributed by atoms with Crippen LogP contribution in [0.15, 0.2) is 6.58 Å². The number of rotatable bonds is 4. The van der Waals surface area contributed by atoms with Gasteiger partial charge in [0.05, 0.1) is 26.4 Å². The minimum atomic E-state index is 0. The van der Waals surface area contributed by atoms with Crippen molar-refractivity contribution < 1.29 is 41.4 Å². The maximum absolute atomic E-state index is 7.94. The molecule has 0 aromatic carbocycles. The fraction of sp³-hybridized carbons (Fsp3) is 0.667. The van der Waals surface area contributed by atoms with Crippen LogP contribution in [0.2, 0.25) is 0 Å². The van der Waals surface area contributed by atoms with Crippen molar-refractivity contribution in [2.45, 2.75) is 0 Å². The maximum Gasteiger partial charge on any atom is 2.00 e. The van der Waals surface area contributed by atoms with Crippen LogP contribution in [0, 0.1) is 14.0 Å². The minimum Gasteiger partial charge on any atom is -0.521 e. The zero-order valence-electron chi connectivity index (χ0n) is 9.32. The number of hydrogen-bond acceptors (Lipinski definition) is 4. The van der Waals surface area contributed by atoms with Crippen molar-refractivity contribution in [3.05, 3.63) is 20.6 Å². The van der Waals surface area contributed by atoms with Crippen molar-refractivity contribution in [2.75, 3.05) is 40.6 Å². The van der Waals surface area contributed by atoms with E-state index in [1.807, 2.05) is 0 Å². The summed E-state index contributed by atoms with van der Waals surface area (Å²) < 4.78 is 8.88. The molecule has 0 atom stereocenters. The number of hydrogen-bond donors (Lipinski definition) is 2. The van der Waals surface area contributed by atoms with Crippen LogP contribution in [-0.4, -0.2) is 50.9 Å². The van der Waals surface area contributed by atoms with E-state index >= 15 is 0 Å².